The van der Waals surface area contributed by atoms with Crippen molar-refractivity contribution in [3.63, 3.8) is 0 Å². The molecule has 0 unspecified atom stereocenters. The lowest BCUT2D eigenvalue weighted by Gasteiger charge is -2.17. The first-order valence-electron chi connectivity index (χ1n) is 4.97. The van der Waals surface area contributed by atoms with Crippen LogP contribution in [0.25, 0.3) is 0 Å². The second kappa shape index (κ2) is 3.37. The smallest absolute Gasteiger partial charge is 0.163 e. The molecule has 0 bridgehead atoms. The molecule has 0 amide bonds. The van der Waals surface area contributed by atoms with Gasteiger partial charge in [-0.05, 0) is 18.4 Å². The molecule has 13 heavy (non-hydrogen) atoms. The molecule has 0 N–H and O–H groups in total. The molecule has 0 saturated carbocycles. The molecule has 0 heterocycles. The molecule has 1 aliphatic rings. The number of carbonyl (C=O) groups excluding carboxylic acids is 1. The molecule has 0 spiro atoms. The maximum absolute atomic E-state index is 11.6. The highest BCUT2D eigenvalue weighted by Gasteiger charge is 2.18. The van der Waals surface area contributed by atoms with E-state index in [0.29, 0.717) is 5.78 Å². The van der Waals surface area contributed by atoms with Gasteiger partial charge in [-0.15, -0.1) is 0 Å². The fraction of sp³-hybridized carbons (Fsp3) is 0.364. The van der Waals surface area contributed by atoms with Gasteiger partial charge in [0.25, 0.3) is 0 Å². The molecule has 0 saturated heterocycles. The summed E-state index contributed by atoms with van der Waals surface area (Å²) < 4.78 is 0. The van der Waals surface area contributed by atoms with E-state index in [1.165, 1.54) is 11.0 Å². The van der Waals surface area contributed by atoms with Gasteiger partial charge in [-0.2, -0.15) is 0 Å². The van der Waals surface area contributed by atoms with Gasteiger partial charge in [0.05, 0.1) is 0 Å². The lowest BCUT2D eigenvalue weighted by atomic mass is 9.68. The van der Waals surface area contributed by atoms with Crippen LogP contribution in [0, 0.1) is 0 Å². The van der Waals surface area contributed by atoms with Gasteiger partial charge in [-0.25, -0.2) is 0 Å². The monoisotopic (exact) mass is 172 g/mol. The van der Waals surface area contributed by atoms with Gasteiger partial charge in [-0.3, -0.25) is 4.79 Å². The zero-order chi connectivity index (χ0) is 9.26. The molecule has 66 valence electrons. The second-order valence-corrected chi connectivity index (χ2v) is 3.57. The maximum atomic E-state index is 11.6. The van der Waals surface area contributed by atoms with E-state index >= 15 is 0 Å². The summed E-state index contributed by atoms with van der Waals surface area (Å²) in [7, 11) is 1.04. The molecule has 1 aromatic carbocycles. The molecule has 1 nitrogen and oxygen atoms in total. The van der Waals surface area contributed by atoms with E-state index in [1.54, 1.807) is 0 Å². The Hall–Kier alpha value is -1.05. The highest BCUT2D eigenvalue weighted by atomic mass is 16.1. The third kappa shape index (κ3) is 1.41. The largest absolute Gasteiger partial charge is 0.294 e. The van der Waals surface area contributed by atoms with Crippen LogP contribution in [-0.2, 0) is 6.42 Å². The van der Waals surface area contributed by atoms with Crippen molar-refractivity contribution in [2.75, 3.05) is 0 Å². The van der Waals surface area contributed by atoms with Crippen LogP contribution >= 0.6 is 0 Å². The zero-order valence-electron chi connectivity index (χ0n) is 7.97. The van der Waals surface area contributed by atoms with Crippen LogP contribution in [0.1, 0.15) is 28.8 Å². The second-order valence-electron chi connectivity index (χ2n) is 3.57. The van der Waals surface area contributed by atoms with E-state index in [4.69, 9.17) is 0 Å². The van der Waals surface area contributed by atoms with Crippen molar-refractivity contribution in [2.45, 2.75) is 26.1 Å². The minimum Gasteiger partial charge on any atom is -0.294 e. The third-order valence-electron chi connectivity index (χ3n) is 2.78. The Bertz CT molecular complexity index is 344. The van der Waals surface area contributed by atoms with Gasteiger partial charge in [0, 0.05) is 12.0 Å². The van der Waals surface area contributed by atoms with Crippen molar-refractivity contribution in [1.82, 2.24) is 0 Å². The predicted molar refractivity (Wildman–Crippen MR) is 56.4 cm³/mol. The van der Waals surface area contributed by atoms with E-state index in [0.717, 1.165) is 32.1 Å². The van der Waals surface area contributed by atoms with Gasteiger partial charge >= 0.3 is 0 Å². The number of Topliss-reactive ketones (excluding diaryl/α,β-unsaturated/α-hetero) is 1. The summed E-state index contributed by atoms with van der Waals surface area (Å²) in [6.45, 7) is 2.15. The molecule has 0 atom stereocenters. The summed E-state index contributed by atoms with van der Waals surface area (Å²) in [6, 6.07) is 6.11. The van der Waals surface area contributed by atoms with E-state index in [9.17, 15) is 4.79 Å². The van der Waals surface area contributed by atoms with Gasteiger partial charge in [0.15, 0.2) is 13.1 Å². The topological polar surface area (TPSA) is 17.1 Å². The van der Waals surface area contributed by atoms with Gasteiger partial charge in [-0.1, -0.05) is 30.5 Å². The lowest BCUT2D eigenvalue weighted by Crippen LogP contribution is -2.23. The SMILES string of the molecule is CBc1cccc2c1CCCC2=O. The fourth-order valence-electron chi connectivity index (χ4n) is 2.08. The van der Waals surface area contributed by atoms with Crippen molar-refractivity contribution in [3.05, 3.63) is 29.3 Å². The molecule has 1 aromatic rings. The molecule has 0 fully saturated rings. The molecular formula is C11H13BO. The normalized spacial score (nSPS) is 15.3. The van der Waals surface area contributed by atoms with Crippen LogP contribution in [0.3, 0.4) is 0 Å². The first-order valence-corrected chi connectivity index (χ1v) is 4.97. The minimum absolute atomic E-state index is 0.330. The number of rotatable bonds is 1. The Morgan fingerprint density at radius 3 is 2.92 bits per heavy atom. The number of carbonyl (C=O) groups is 1. The highest BCUT2D eigenvalue weighted by Crippen LogP contribution is 2.18. The van der Waals surface area contributed by atoms with Crippen LogP contribution in [0.4, 0.5) is 0 Å². The van der Waals surface area contributed by atoms with E-state index < -0.39 is 0 Å². The number of benzene rings is 1. The number of hydrogen-bond acceptors (Lipinski definition) is 1. The first-order chi connectivity index (χ1) is 6.33. The zero-order valence-corrected chi connectivity index (χ0v) is 7.97. The van der Waals surface area contributed by atoms with Gasteiger partial charge in [0.1, 0.15) is 0 Å². The van der Waals surface area contributed by atoms with Crippen molar-refractivity contribution in [2.24, 2.45) is 0 Å². The summed E-state index contributed by atoms with van der Waals surface area (Å²) in [5, 5.41) is 0. The third-order valence-corrected chi connectivity index (χ3v) is 2.78. The molecule has 0 aromatic heterocycles. The van der Waals surface area contributed by atoms with E-state index in [1.807, 2.05) is 12.1 Å². The Labute approximate surface area is 79.4 Å². The summed E-state index contributed by atoms with van der Waals surface area (Å²) in [4.78, 5) is 11.6. The quantitative estimate of drug-likeness (QED) is 0.583. The summed E-state index contributed by atoms with van der Waals surface area (Å²) in [6.07, 6.45) is 2.86. The Morgan fingerprint density at radius 1 is 1.31 bits per heavy atom. The number of hydrogen-bond donors (Lipinski definition) is 0. The Balaban J connectivity index is 2.54. The van der Waals surface area contributed by atoms with Gasteiger partial charge < -0.3 is 0 Å². The molecule has 0 aliphatic heterocycles. The standard InChI is InChI=1S/C11H13BO/c1-12-10-6-2-5-9-8(10)4-3-7-11(9)13/h2,5-6,12H,3-4,7H2,1H3. The average Bonchev–Trinajstić information content (AvgIpc) is 2.18. The molecule has 2 rings (SSSR count). The van der Waals surface area contributed by atoms with E-state index in [2.05, 4.69) is 12.9 Å². The molecule has 2 heteroatoms. The minimum atomic E-state index is 0.330. The van der Waals surface area contributed by atoms with Crippen LogP contribution in [0.2, 0.25) is 6.82 Å². The van der Waals surface area contributed by atoms with Crippen LogP contribution < -0.4 is 5.46 Å². The van der Waals surface area contributed by atoms with E-state index in [-0.39, 0.29) is 0 Å². The lowest BCUT2D eigenvalue weighted by molar-refractivity contribution is 0.0972. The fourth-order valence-corrected chi connectivity index (χ4v) is 2.08. The summed E-state index contributed by atoms with van der Waals surface area (Å²) in [5.74, 6) is 0.330. The van der Waals surface area contributed by atoms with Crippen molar-refractivity contribution >= 4 is 18.5 Å². The Morgan fingerprint density at radius 2 is 2.15 bits per heavy atom. The maximum Gasteiger partial charge on any atom is 0.163 e. The number of ketones is 1. The number of fused-ring (bicyclic) bond motifs is 1. The summed E-state index contributed by atoms with van der Waals surface area (Å²) >= 11 is 0. The predicted octanol–water partition coefficient (Wildman–Crippen LogP) is 1.32. The van der Waals surface area contributed by atoms with Crippen molar-refractivity contribution < 1.29 is 4.79 Å². The van der Waals surface area contributed by atoms with Gasteiger partial charge in [0.2, 0.25) is 0 Å². The van der Waals surface area contributed by atoms with Crippen LogP contribution in [0.15, 0.2) is 18.2 Å². The van der Waals surface area contributed by atoms with Crippen molar-refractivity contribution in [1.29, 1.82) is 0 Å². The van der Waals surface area contributed by atoms with Crippen LogP contribution in [0.5, 0.6) is 0 Å². The van der Waals surface area contributed by atoms with Crippen molar-refractivity contribution in [3.8, 4) is 0 Å². The average molecular weight is 172 g/mol. The molecule has 0 radical (unpaired) electrons. The highest BCUT2D eigenvalue weighted by molar-refractivity contribution is 6.52. The van der Waals surface area contributed by atoms with Crippen LogP contribution in [-0.4, -0.2) is 13.1 Å². The molecular weight excluding hydrogens is 159 g/mol. The molecule has 1 aliphatic carbocycles. The Kier molecular flexibility index (Phi) is 2.21. The first kappa shape index (κ1) is 8.55. The summed E-state index contributed by atoms with van der Waals surface area (Å²) in [5.41, 5.74) is 3.64.